The molecule has 0 radical (unpaired) electrons. The standard InChI is InChI=1S/C76H148O17P2/c1-6-9-12-15-18-21-24-26-27-28-29-30-31-32-34-36-41-46-51-56-61-75(80)92-71(66-87-74(79)60-55-50-45-40-35-33-25-22-19-16-13-10-7-2)67-90-94(82,83)88-63-70(77)64-89-95(84,85)91-68-72(65-86-73(78)59-54-49-44-39-23-20-17-14-11-8-3)93-76(81)62-57-52-47-42-37-38-43-48-53-58-69(4)5/h69-72,77H,6-68H2,1-5H3,(H,82,83)(H,84,85)/t70-,71-,72-/m1/s1. The lowest BCUT2D eigenvalue weighted by Crippen LogP contribution is -2.30. The van der Waals surface area contributed by atoms with Crippen molar-refractivity contribution in [2.45, 2.75) is 419 Å². The average Bonchev–Trinajstić information content (AvgIpc) is 1.61. The zero-order chi connectivity index (χ0) is 69.8. The van der Waals surface area contributed by atoms with Crippen molar-refractivity contribution in [1.82, 2.24) is 0 Å². The van der Waals surface area contributed by atoms with Crippen molar-refractivity contribution < 1.29 is 80.2 Å². The van der Waals surface area contributed by atoms with Crippen LogP contribution in [0.4, 0.5) is 0 Å². The largest absolute Gasteiger partial charge is 0.472 e. The first-order valence-electron chi connectivity index (χ1n) is 39.6. The highest BCUT2D eigenvalue weighted by molar-refractivity contribution is 7.47. The minimum absolute atomic E-state index is 0.106. The van der Waals surface area contributed by atoms with Gasteiger partial charge in [0.25, 0.3) is 0 Å². The van der Waals surface area contributed by atoms with Gasteiger partial charge in [-0.05, 0) is 31.6 Å². The summed E-state index contributed by atoms with van der Waals surface area (Å²) >= 11 is 0. The van der Waals surface area contributed by atoms with Gasteiger partial charge < -0.3 is 33.8 Å². The Bertz CT molecular complexity index is 1820. The fraction of sp³-hybridized carbons (Fsp3) is 0.947. The van der Waals surface area contributed by atoms with E-state index in [-0.39, 0.29) is 25.7 Å². The highest BCUT2D eigenvalue weighted by Crippen LogP contribution is 2.45. The number of carbonyl (C=O) groups excluding carboxylic acids is 4. The molecule has 0 aromatic rings. The smallest absolute Gasteiger partial charge is 0.462 e. The molecule has 2 unspecified atom stereocenters. The van der Waals surface area contributed by atoms with E-state index < -0.39 is 97.5 Å². The van der Waals surface area contributed by atoms with Gasteiger partial charge in [0, 0.05) is 25.7 Å². The van der Waals surface area contributed by atoms with E-state index in [4.69, 9.17) is 37.0 Å². The van der Waals surface area contributed by atoms with Crippen LogP contribution in [0.25, 0.3) is 0 Å². The molecule has 0 aromatic carbocycles. The Hall–Kier alpha value is -1.94. The van der Waals surface area contributed by atoms with Crippen LogP contribution in [0.1, 0.15) is 401 Å². The summed E-state index contributed by atoms with van der Waals surface area (Å²) in [6.07, 6.45) is 58.3. The third kappa shape index (κ3) is 70.3. The number of rotatable bonds is 76. The normalized spacial score (nSPS) is 13.9. The van der Waals surface area contributed by atoms with Gasteiger partial charge in [0.1, 0.15) is 19.3 Å². The van der Waals surface area contributed by atoms with Crippen molar-refractivity contribution in [3.8, 4) is 0 Å². The zero-order valence-electron chi connectivity index (χ0n) is 61.8. The predicted molar refractivity (Wildman–Crippen MR) is 386 cm³/mol. The van der Waals surface area contributed by atoms with E-state index in [0.29, 0.717) is 25.7 Å². The fourth-order valence-corrected chi connectivity index (χ4v) is 13.3. The lowest BCUT2D eigenvalue weighted by Gasteiger charge is -2.21. The summed E-state index contributed by atoms with van der Waals surface area (Å²) in [5.74, 6) is -1.38. The molecule has 95 heavy (non-hydrogen) atoms. The van der Waals surface area contributed by atoms with E-state index in [1.165, 1.54) is 225 Å². The van der Waals surface area contributed by atoms with Gasteiger partial charge in [0.05, 0.1) is 26.4 Å². The molecule has 0 saturated carbocycles. The van der Waals surface area contributed by atoms with Crippen LogP contribution in [0.2, 0.25) is 0 Å². The Balaban J connectivity index is 5.21. The van der Waals surface area contributed by atoms with Crippen molar-refractivity contribution in [2.75, 3.05) is 39.6 Å². The number of hydrogen-bond donors (Lipinski definition) is 3. The van der Waals surface area contributed by atoms with Crippen LogP contribution < -0.4 is 0 Å². The molecule has 564 valence electrons. The molecular weight excluding hydrogens is 1250 g/mol. The van der Waals surface area contributed by atoms with E-state index in [9.17, 15) is 43.2 Å². The predicted octanol–water partition coefficient (Wildman–Crippen LogP) is 22.5. The summed E-state index contributed by atoms with van der Waals surface area (Å²) in [5, 5.41) is 10.6. The fourth-order valence-electron chi connectivity index (χ4n) is 11.7. The maximum Gasteiger partial charge on any atom is 0.472 e. The molecule has 0 aliphatic heterocycles. The van der Waals surface area contributed by atoms with E-state index in [2.05, 4.69) is 34.6 Å². The molecule has 0 aliphatic carbocycles. The number of esters is 4. The number of carbonyl (C=O) groups is 4. The van der Waals surface area contributed by atoms with Crippen LogP contribution in [0.5, 0.6) is 0 Å². The molecule has 0 rings (SSSR count). The Morgan fingerprint density at radius 2 is 0.484 bits per heavy atom. The van der Waals surface area contributed by atoms with Crippen LogP contribution in [0.15, 0.2) is 0 Å². The molecule has 5 atom stereocenters. The Morgan fingerprint density at radius 3 is 0.716 bits per heavy atom. The van der Waals surface area contributed by atoms with Gasteiger partial charge in [0.15, 0.2) is 12.2 Å². The summed E-state index contributed by atoms with van der Waals surface area (Å²) in [6, 6.07) is 0. The summed E-state index contributed by atoms with van der Waals surface area (Å²) in [6.45, 7) is 7.26. The van der Waals surface area contributed by atoms with Gasteiger partial charge in [-0.15, -0.1) is 0 Å². The molecule has 0 saturated heterocycles. The van der Waals surface area contributed by atoms with Crippen molar-refractivity contribution in [3.63, 3.8) is 0 Å². The number of phosphoric acid groups is 2. The molecule has 0 fully saturated rings. The molecule has 0 heterocycles. The zero-order valence-corrected chi connectivity index (χ0v) is 63.6. The van der Waals surface area contributed by atoms with E-state index in [1.807, 2.05) is 0 Å². The topological polar surface area (TPSA) is 237 Å². The maximum atomic E-state index is 13.1. The van der Waals surface area contributed by atoms with Gasteiger partial charge in [-0.3, -0.25) is 37.3 Å². The van der Waals surface area contributed by atoms with E-state index in [1.54, 1.807) is 0 Å². The second-order valence-electron chi connectivity index (χ2n) is 27.9. The lowest BCUT2D eigenvalue weighted by molar-refractivity contribution is -0.161. The minimum atomic E-state index is -4.96. The van der Waals surface area contributed by atoms with Crippen LogP contribution in [-0.4, -0.2) is 96.7 Å². The lowest BCUT2D eigenvalue weighted by atomic mass is 10.0. The summed E-state index contributed by atoms with van der Waals surface area (Å²) in [5.41, 5.74) is 0. The number of aliphatic hydroxyl groups is 1. The van der Waals surface area contributed by atoms with Crippen molar-refractivity contribution in [3.05, 3.63) is 0 Å². The monoisotopic (exact) mass is 1400 g/mol. The second-order valence-corrected chi connectivity index (χ2v) is 30.8. The minimum Gasteiger partial charge on any atom is -0.462 e. The molecule has 0 amide bonds. The first kappa shape index (κ1) is 93.1. The quantitative estimate of drug-likeness (QED) is 0.0222. The average molecular weight is 1400 g/mol. The van der Waals surface area contributed by atoms with Gasteiger partial charge in [-0.1, -0.05) is 349 Å². The Labute approximate surface area is 581 Å². The maximum absolute atomic E-state index is 13.1. The number of hydrogen-bond acceptors (Lipinski definition) is 15. The molecular formula is C76H148O17P2. The molecule has 0 spiro atoms. The molecule has 0 aromatic heterocycles. The molecule has 17 nitrogen and oxygen atoms in total. The highest BCUT2D eigenvalue weighted by atomic mass is 31.2. The summed E-state index contributed by atoms with van der Waals surface area (Å²) in [4.78, 5) is 72.8. The van der Waals surface area contributed by atoms with Crippen molar-refractivity contribution in [1.29, 1.82) is 0 Å². The first-order valence-corrected chi connectivity index (χ1v) is 42.6. The van der Waals surface area contributed by atoms with Crippen LogP contribution in [0, 0.1) is 5.92 Å². The van der Waals surface area contributed by atoms with Gasteiger partial charge in [-0.2, -0.15) is 0 Å². The summed E-state index contributed by atoms with van der Waals surface area (Å²) in [7, 11) is -9.91. The van der Waals surface area contributed by atoms with Gasteiger partial charge in [-0.25, -0.2) is 9.13 Å². The number of phosphoric ester groups is 2. The summed E-state index contributed by atoms with van der Waals surface area (Å²) < 4.78 is 68.5. The van der Waals surface area contributed by atoms with Gasteiger partial charge >= 0.3 is 39.5 Å². The number of ether oxygens (including phenoxy) is 4. The molecule has 0 aliphatic rings. The third-order valence-corrected chi connectivity index (χ3v) is 19.7. The number of unbranched alkanes of at least 4 members (excludes halogenated alkanes) is 48. The van der Waals surface area contributed by atoms with Crippen LogP contribution in [-0.2, 0) is 65.4 Å². The van der Waals surface area contributed by atoms with E-state index >= 15 is 0 Å². The molecule has 3 N–H and O–H groups in total. The second kappa shape index (κ2) is 69.2. The van der Waals surface area contributed by atoms with E-state index in [0.717, 1.165) is 95.8 Å². The third-order valence-electron chi connectivity index (χ3n) is 17.8. The van der Waals surface area contributed by atoms with Crippen LogP contribution >= 0.6 is 15.6 Å². The first-order chi connectivity index (χ1) is 46.0. The number of aliphatic hydroxyl groups excluding tert-OH is 1. The van der Waals surface area contributed by atoms with Crippen LogP contribution in [0.3, 0.4) is 0 Å². The Morgan fingerprint density at radius 1 is 0.284 bits per heavy atom. The van der Waals surface area contributed by atoms with Crippen molar-refractivity contribution >= 4 is 39.5 Å². The molecule has 19 heteroatoms. The van der Waals surface area contributed by atoms with Crippen molar-refractivity contribution in [2.24, 2.45) is 5.92 Å². The molecule has 0 bridgehead atoms. The highest BCUT2D eigenvalue weighted by Gasteiger charge is 2.30. The van der Waals surface area contributed by atoms with Gasteiger partial charge in [0.2, 0.25) is 0 Å². The SMILES string of the molecule is CCCCCCCCCCCCCCCCCCCCCCC(=O)O[C@H](COC(=O)CCCCCCCCCCCCCCC)COP(=O)(O)OC[C@@H](O)COP(=O)(O)OC[C@@H](COC(=O)CCCCCCCCCCCC)OC(=O)CCCCCCCCCCCC(C)C. The Kier molecular flexibility index (Phi) is 67.7.